The number of anilines is 2. The number of aromatic nitrogens is 1. The van der Waals surface area contributed by atoms with E-state index in [0.717, 1.165) is 0 Å². The predicted molar refractivity (Wildman–Crippen MR) is 74.4 cm³/mol. The smallest absolute Gasteiger partial charge is 0.255 e. The van der Waals surface area contributed by atoms with Crippen LogP contribution in [0.2, 0.25) is 0 Å². The maximum absolute atomic E-state index is 11.9. The van der Waals surface area contributed by atoms with Crippen molar-refractivity contribution in [3.8, 4) is 0 Å². The molecule has 0 aliphatic rings. The molecule has 1 amide bonds. The highest BCUT2D eigenvalue weighted by molar-refractivity contribution is 7.89. The van der Waals surface area contributed by atoms with Gasteiger partial charge in [-0.3, -0.25) is 4.79 Å². The molecule has 2 aromatic rings. The maximum atomic E-state index is 11.9. The zero-order valence-electron chi connectivity index (χ0n) is 10.3. The Balaban J connectivity index is 2.16. The highest BCUT2D eigenvalue weighted by atomic mass is 32.2. The van der Waals surface area contributed by atoms with E-state index in [1.54, 1.807) is 0 Å². The number of hydrogen-bond acceptors (Lipinski definition) is 5. The van der Waals surface area contributed by atoms with E-state index in [1.807, 2.05) is 0 Å². The van der Waals surface area contributed by atoms with Crippen LogP contribution in [0.15, 0.2) is 47.5 Å². The van der Waals surface area contributed by atoms with Gasteiger partial charge in [0.05, 0.1) is 4.90 Å². The van der Waals surface area contributed by atoms with Crippen molar-refractivity contribution in [3.63, 3.8) is 0 Å². The number of nitrogens with zero attached hydrogens (tertiary/aromatic N) is 1. The van der Waals surface area contributed by atoms with Crippen LogP contribution in [0.3, 0.4) is 0 Å². The Morgan fingerprint density at radius 3 is 2.35 bits per heavy atom. The van der Waals surface area contributed by atoms with Crippen molar-refractivity contribution in [2.24, 2.45) is 5.14 Å². The topological polar surface area (TPSA) is 128 Å². The Morgan fingerprint density at radius 1 is 1.15 bits per heavy atom. The summed E-state index contributed by atoms with van der Waals surface area (Å²) in [6.07, 6.45) is 1.42. The molecule has 20 heavy (non-hydrogen) atoms. The minimum absolute atomic E-state index is 0.0244. The number of primary sulfonamides is 1. The quantitative estimate of drug-likeness (QED) is 0.761. The first kappa shape index (κ1) is 14.0. The van der Waals surface area contributed by atoms with E-state index < -0.39 is 10.0 Å². The average molecular weight is 292 g/mol. The third-order valence-corrected chi connectivity index (χ3v) is 3.41. The van der Waals surface area contributed by atoms with Gasteiger partial charge in [-0.1, -0.05) is 0 Å². The molecule has 1 aromatic carbocycles. The van der Waals surface area contributed by atoms with Crippen LogP contribution in [-0.2, 0) is 10.0 Å². The van der Waals surface area contributed by atoms with Crippen LogP contribution >= 0.6 is 0 Å². The van der Waals surface area contributed by atoms with Gasteiger partial charge in [0.15, 0.2) is 0 Å². The van der Waals surface area contributed by atoms with Gasteiger partial charge in [0.1, 0.15) is 5.82 Å². The summed E-state index contributed by atoms with van der Waals surface area (Å²) in [6, 6.07) is 8.47. The summed E-state index contributed by atoms with van der Waals surface area (Å²) in [4.78, 5) is 15.7. The molecule has 0 saturated heterocycles. The zero-order chi connectivity index (χ0) is 14.8. The van der Waals surface area contributed by atoms with Crippen LogP contribution in [0.1, 0.15) is 10.4 Å². The van der Waals surface area contributed by atoms with Gasteiger partial charge in [-0.25, -0.2) is 18.5 Å². The lowest BCUT2D eigenvalue weighted by atomic mass is 10.2. The molecule has 0 bridgehead atoms. The average Bonchev–Trinajstić information content (AvgIpc) is 2.38. The number of benzene rings is 1. The predicted octanol–water partition coefficient (Wildman–Crippen LogP) is 0.563. The zero-order valence-corrected chi connectivity index (χ0v) is 11.1. The molecule has 8 heteroatoms. The molecule has 1 aromatic heterocycles. The van der Waals surface area contributed by atoms with E-state index in [0.29, 0.717) is 11.3 Å². The second-order valence-corrected chi connectivity index (χ2v) is 5.55. The van der Waals surface area contributed by atoms with Crippen LogP contribution in [-0.4, -0.2) is 19.3 Å². The van der Waals surface area contributed by atoms with Crippen molar-refractivity contribution in [3.05, 3.63) is 48.2 Å². The summed E-state index contributed by atoms with van der Waals surface area (Å²) in [7, 11) is -3.74. The molecular weight excluding hydrogens is 280 g/mol. The minimum Gasteiger partial charge on any atom is -0.384 e. The number of hydrogen-bond donors (Lipinski definition) is 3. The molecule has 0 fully saturated rings. The largest absolute Gasteiger partial charge is 0.384 e. The summed E-state index contributed by atoms with van der Waals surface area (Å²) in [5, 5.41) is 7.59. The summed E-state index contributed by atoms with van der Waals surface area (Å²) in [5.74, 6) is -0.135. The molecule has 2 rings (SSSR count). The van der Waals surface area contributed by atoms with Gasteiger partial charge in [-0.2, -0.15) is 0 Å². The number of amides is 1. The van der Waals surface area contributed by atoms with E-state index in [1.165, 1.54) is 42.6 Å². The van der Waals surface area contributed by atoms with Gasteiger partial charge < -0.3 is 11.1 Å². The normalized spacial score (nSPS) is 11.1. The monoisotopic (exact) mass is 292 g/mol. The number of rotatable bonds is 3. The van der Waals surface area contributed by atoms with E-state index >= 15 is 0 Å². The number of carbonyl (C=O) groups is 1. The minimum atomic E-state index is -3.74. The first-order valence-electron chi connectivity index (χ1n) is 5.52. The summed E-state index contributed by atoms with van der Waals surface area (Å²) in [5.41, 5.74) is 6.28. The summed E-state index contributed by atoms with van der Waals surface area (Å²) < 4.78 is 22.2. The number of sulfonamides is 1. The van der Waals surface area contributed by atoms with Gasteiger partial charge >= 0.3 is 0 Å². The number of carbonyl (C=O) groups excluding carboxylic acids is 1. The lowest BCUT2D eigenvalue weighted by Crippen LogP contribution is -2.14. The standard InChI is InChI=1S/C12H12N4O3S/c13-11-7-8(5-6-15-11)12(17)16-9-1-3-10(4-2-9)20(14,18)19/h1-7H,(H2,13,15)(H,16,17)(H2,14,18,19). The number of nitrogens with two attached hydrogens (primary N) is 2. The molecule has 0 radical (unpaired) electrons. The summed E-state index contributed by atoms with van der Waals surface area (Å²) >= 11 is 0. The highest BCUT2D eigenvalue weighted by Gasteiger charge is 2.09. The van der Waals surface area contributed by atoms with E-state index in [9.17, 15) is 13.2 Å². The third kappa shape index (κ3) is 3.31. The second kappa shape index (κ2) is 5.27. The van der Waals surface area contributed by atoms with Crippen LogP contribution < -0.4 is 16.2 Å². The Kier molecular flexibility index (Phi) is 3.68. The first-order chi connectivity index (χ1) is 9.36. The summed E-state index contributed by atoms with van der Waals surface area (Å²) in [6.45, 7) is 0. The number of nitrogen functional groups attached to an aromatic ring is 1. The highest BCUT2D eigenvalue weighted by Crippen LogP contribution is 2.14. The lowest BCUT2D eigenvalue weighted by Gasteiger charge is -2.06. The van der Waals surface area contributed by atoms with E-state index in [4.69, 9.17) is 10.9 Å². The van der Waals surface area contributed by atoms with Gasteiger partial charge in [0.25, 0.3) is 5.91 Å². The van der Waals surface area contributed by atoms with Crippen molar-refractivity contribution in [2.45, 2.75) is 4.90 Å². The molecule has 7 nitrogen and oxygen atoms in total. The Bertz CT molecular complexity index is 742. The van der Waals surface area contributed by atoms with Crippen LogP contribution in [0.25, 0.3) is 0 Å². The number of pyridine rings is 1. The molecule has 0 aliphatic heterocycles. The molecule has 0 atom stereocenters. The SMILES string of the molecule is Nc1cc(C(=O)Nc2ccc(S(N)(=O)=O)cc2)ccn1. The van der Waals surface area contributed by atoms with Crippen molar-refractivity contribution in [1.82, 2.24) is 4.98 Å². The molecule has 0 saturated carbocycles. The second-order valence-electron chi connectivity index (χ2n) is 3.99. The molecule has 1 heterocycles. The van der Waals surface area contributed by atoms with E-state index in [-0.39, 0.29) is 16.6 Å². The fraction of sp³-hybridized carbons (Fsp3) is 0. The maximum Gasteiger partial charge on any atom is 0.255 e. The van der Waals surface area contributed by atoms with E-state index in [2.05, 4.69) is 10.3 Å². The first-order valence-corrected chi connectivity index (χ1v) is 7.06. The molecule has 0 spiro atoms. The van der Waals surface area contributed by atoms with Gasteiger partial charge in [-0.15, -0.1) is 0 Å². The van der Waals surface area contributed by atoms with Crippen molar-refractivity contribution in [1.29, 1.82) is 0 Å². The third-order valence-electron chi connectivity index (χ3n) is 2.48. The Labute approximate surface area is 115 Å². The van der Waals surface area contributed by atoms with Gasteiger partial charge in [0, 0.05) is 17.4 Å². The van der Waals surface area contributed by atoms with Crippen molar-refractivity contribution < 1.29 is 13.2 Å². The fourth-order valence-corrected chi connectivity index (χ4v) is 2.04. The van der Waals surface area contributed by atoms with Gasteiger partial charge in [0.2, 0.25) is 10.0 Å². The Morgan fingerprint density at radius 2 is 1.80 bits per heavy atom. The Hall–Kier alpha value is -2.45. The van der Waals surface area contributed by atoms with Crippen molar-refractivity contribution >= 4 is 27.4 Å². The molecule has 5 N–H and O–H groups in total. The van der Waals surface area contributed by atoms with Crippen LogP contribution in [0, 0.1) is 0 Å². The van der Waals surface area contributed by atoms with Gasteiger partial charge in [-0.05, 0) is 36.4 Å². The van der Waals surface area contributed by atoms with Crippen molar-refractivity contribution in [2.75, 3.05) is 11.1 Å². The van der Waals surface area contributed by atoms with Crippen LogP contribution in [0.4, 0.5) is 11.5 Å². The molecule has 0 aliphatic carbocycles. The van der Waals surface area contributed by atoms with Crippen LogP contribution in [0.5, 0.6) is 0 Å². The molecule has 104 valence electrons. The fourth-order valence-electron chi connectivity index (χ4n) is 1.52. The lowest BCUT2D eigenvalue weighted by molar-refractivity contribution is 0.102. The molecule has 0 unspecified atom stereocenters. The molecular formula is C12H12N4O3S. The number of nitrogens with one attached hydrogen (secondary N) is 1.